The van der Waals surface area contributed by atoms with E-state index in [0.29, 0.717) is 24.0 Å². The van der Waals surface area contributed by atoms with Crippen molar-refractivity contribution < 1.29 is 19.7 Å². The molecule has 1 N–H and O–H groups in total. The molecule has 6 aliphatic carbocycles. The summed E-state index contributed by atoms with van der Waals surface area (Å²) in [5.41, 5.74) is 0.678. The first-order valence-electron chi connectivity index (χ1n) is 6.32. The molecule has 0 aliphatic heterocycles. The standard InChI is InChI=1S/C13H14O4/c1-2-5(15)17-16-4-13-9-6-10(13)8-11(13)7(9)12(6,8)3-14/h2,6-11,14H,1,3-4H2. The highest BCUT2D eigenvalue weighted by molar-refractivity contribution is 5.80. The van der Waals surface area contributed by atoms with E-state index in [-0.39, 0.29) is 0 Å². The van der Waals surface area contributed by atoms with Crippen LogP contribution in [0.3, 0.4) is 0 Å². The Kier molecular flexibility index (Phi) is 1.17. The zero-order chi connectivity index (χ0) is 11.6. The molecule has 0 aromatic carbocycles. The topological polar surface area (TPSA) is 55.8 Å². The lowest BCUT2D eigenvalue weighted by molar-refractivity contribution is -0.667. The highest BCUT2D eigenvalue weighted by Crippen LogP contribution is 3.10. The van der Waals surface area contributed by atoms with Crippen molar-refractivity contribution >= 4 is 5.97 Å². The number of aliphatic hydroxyl groups is 1. The molecule has 0 spiro atoms. The molecule has 4 heteroatoms. The average Bonchev–Trinajstić information content (AvgIpc) is 2.38. The van der Waals surface area contributed by atoms with E-state index in [1.807, 2.05) is 0 Å². The van der Waals surface area contributed by atoms with Gasteiger partial charge in [-0.1, -0.05) is 6.58 Å². The largest absolute Gasteiger partial charge is 0.396 e. The van der Waals surface area contributed by atoms with Gasteiger partial charge in [0.25, 0.3) is 0 Å². The predicted octanol–water partition coefficient (Wildman–Crippen LogP) is 0.377. The Morgan fingerprint density at radius 3 is 2.18 bits per heavy atom. The van der Waals surface area contributed by atoms with Crippen molar-refractivity contribution in [3.63, 3.8) is 0 Å². The lowest BCUT2D eigenvalue weighted by Gasteiger charge is -3.11. The Balaban J connectivity index is 1.27. The molecular weight excluding hydrogens is 220 g/mol. The van der Waals surface area contributed by atoms with Crippen molar-refractivity contribution in [2.24, 2.45) is 46.3 Å². The molecule has 4 nitrogen and oxygen atoms in total. The van der Waals surface area contributed by atoms with Crippen molar-refractivity contribution in [1.29, 1.82) is 0 Å². The van der Waals surface area contributed by atoms with E-state index in [1.54, 1.807) is 0 Å². The molecule has 0 heterocycles. The first-order valence-corrected chi connectivity index (χ1v) is 6.32. The van der Waals surface area contributed by atoms with Crippen LogP contribution in [0.4, 0.5) is 0 Å². The van der Waals surface area contributed by atoms with Gasteiger partial charge in [0.1, 0.15) is 6.61 Å². The van der Waals surface area contributed by atoms with Gasteiger partial charge in [0.2, 0.25) is 0 Å². The Morgan fingerprint density at radius 1 is 1.18 bits per heavy atom. The van der Waals surface area contributed by atoms with E-state index in [9.17, 15) is 9.90 Å². The summed E-state index contributed by atoms with van der Waals surface area (Å²) in [7, 11) is 0. The number of carbonyl (C=O) groups excluding carboxylic acids is 1. The van der Waals surface area contributed by atoms with Crippen LogP contribution >= 0.6 is 0 Å². The normalized spacial score (nSPS) is 65.2. The third-order valence-corrected chi connectivity index (χ3v) is 6.94. The molecule has 6 saturated carbocycles. The first-order chi connectivity index (χ1) is 8.25. The second-order valence-electron chi connectivity index (χ2n) is 6.41. The number of hydrogen-bond donors (Lipinski definition) is 1. The molecule has 6 fully saturated rings. The molecule has 6 rings (SSSR count). The van der Waals surface area contributed by atoms with E-state index in [0.717, 1.165) is 41.6 Å². The molecule has 0 aromatic rings. The molecule has 6 aliphatic rings. The molecule has 0 radical (unpaired) electrons. The van der Waals surface area contributed by atoms with Gasteiger partial charge >= 0.3 is 5.97 Å². The molecular formula is C13H14O4. The van der Waals surface area contributed by atoms with Gasteiger partial charge in [-0.2, -0.15) is 4.89 Å². The minimum absolute atomic E-state index is 0.332. The molecule has 0 amide bonds. The van der Waals surface area contributed by atoms with Crippen molar-refractivity contribution in [3.8, 4) is 0 Å². The number of carbonyl (C=O) groups is 1. The van der Waals surface area contributed by atoms with Crippen LogP contribution in [0.25, 0.3) is 0 Å². The molecule has 0 unspecified atom stereocenters. The van der Waals surface area contributed by atoms with Gasteiger partial charge in [0.15, 0.2) is 0 Å². The van der Waals surface area contributed by atoms with Crippen molar-refractivity contribution in [2.45, 2.75) is 0 Å². The van der Waals surface area contributed by atoms with Crippen molar-refractivity contribution in [1.82, 2.24) is 0 Å². The lowest BCUT2D eigenvalue weighted by Crippen LogP contribution is -3.10. The highest BCUT2D eigenvalue weighted by Gasteiger charge is 3.09. The van der Waals surface area contributed by atoms with Gasteiger partial charge in [-0.15, -0.1) is 0 Å². The maximum absolute atomic E-state index is 10.9. The summed E-state index contributed by atoms with van der Waals surface area (Å²) in [5.74, 6) is 4.07. The van der Waals surface area contributed by atoms with Crippen LogP contribution in [0.1, 0.15) is 0 Å². The molecule has 0 atom stereocenters. The van der Waals surface area contributed by atoms with Gasteiger partial charge in [-0.05, 0) is 35.5 Å². The van der Waals surface area contributed by atoms with Crippen LogP contribution in [-0.4, -0.2) is 24.3 Å². The minimum Gasteiger partial charge on any atom is -0.396 e. The van der Waals surface area contributed by atoms with Crippen LogP contribution in [0.15, 0.2) is 12.7 Å². The molecule has 90 valence electrons. The maximum atomic E-state index is 10.9. The Bertz CT molecular complexity index is 414. The SMILES string of the molecule is C=CC(=O)OOCC12C3C4C1C1C2C3C41CO. The third kappa shape index (κ3) is 0.516. The monoisotopic (exact) mass is 234 g/mol. The average molecular weight is 234 g/mol. The Hall–Kier alpha value is -0.870. The predicted molar refractivity (Wildman–Crippen MR) is 55.1 cm³/mol. The van der Waals surface area contributed by atoms with Crippen LogP contribution < -0.4 is 0 Å². The fourth-order valence-electron chi connectivity index (χ4n) is 6.80. The zero-order valence-electron chi connectivity index (χ0n) is 9.33. The summed E-state index contributed by atoms with van der Waals surface area (Å²) < 4.78 is 0. The molecule has 0 bridgehead atoms. The van der Waals surface area contributed by atoms with Crippen LogP contribution in [0.5, 0.6) is 0 Å². The number of rotatable bonds is 5. The van der Waals surface area contributed by atoms with Gasteiger partial charge in [-0.25, -0.2) is 4.79 Å². The van der Waals surface area contributed by atoms with Gasteiger partial charge in [0, 0.05) is 23.5 Å². The lowest BCUT2D eigenvalue weighted by atomic mass is 8.92. The smallest absolute Gasteiger partial charge is 0.365 e. The Morgan fingerprint density at radius 2 is 1.71 bits per heavy atom. The quantitative estimate of drug-likeness (QED) is 0.424. The highest BCUT2D eigenvalue weighted by atomic mass is 17.2. The summed E-state index contributed by atoms with van der Waals surface area (Å²) in [6.45, 7) is 4.26. The summed E-state index contributed by atoms with van der Waals surface area (Å²) in [5, 5.41) is 9.47. The zero-order valence-corrected chi connectivity index (χ0v) is 9.33. The fourth-order valence-corrected chi connectivity index (χ4v) is 6.80. The van der Waals surface area contributed by atoms with E-state index >= 15 is 0 Å². The molecule has 0 saturated heterocycles. The maximum Gasteiger partial charge on any atom is 0.365 e. The second kappa shape index (κ2) is 2.19. The summed E-state index contributed by atoms with van der Waals surface area (Å²) in [4.78, 5) is 20.6. The summed E-state index contributed by atoms with van der Waals surface area (Å²) in [6.07, 6.45) is 1.11. The number of hydrogen-bond acceptors (Lipinski definition) is 4. The van der Waals surface area contributed by atoms with Gasteiger partial charge < -0.3 is 5.11 Å². The minimum atomic E-state index is -0.520. The Labute approximate surface area is 98.5 Å². The number of aliphatic hydroxyl groups excluding tert-OH is 1. The first kappa shape index (κ1) is 9.11. The summed E-state index contributed by atoms with van der Waals surface area (Å²) >= 11 is 0. The summed E-state index contributed by atoms with van der Waals surface area (Å²) in [6, 6.07) is 0. The van der Waals surface area contributed by atoms with E-state index in [1.165, 1.54) is 0 Å². The third-order valence-electron chi connectivity index (χ3n) is 6.94. The van der Waals surface area contributed by atoms with E-state index in [4.69, 9.17) is 4.89 Å². The van der Waals surface area contributed by atoms with Gasteiger partial charge in [-0.3, -0.25) is 4.89 Å². The van der Waals surface area contributed by atoms with Crippen LogP contribution in [0.2, 0.25) is 0 Å². The van der Waals surface area contributed by atoms with Crippen molar-refractivity contribution in [3.05, 3.63) is 12.7 Å². The van der Waals surface area contributed by atoms with Crippen LogP contribution in [-0.2, 0) is 14.6 Å². The second-order valence-corrected chi connectivity index (χ2v) is 6.41. The fraction of sp³-hybridized carbons (Fsp3) is 0.769. The van der Waals surface area contributed by atoms with E-state index in [2.05, 4.69) is 11.5 Å². The van der Waals surface area contributed by atoms with E-state index < -0.39 is 5.97 Å². The molecule has 17 heavy (non-hydrogen) atoms. The van der Waals surface area contributed by atoms with Crippen LogP contribution in [0, 0.1) is 46.3 Å². The molecule has 0 aromatic heterocycles. The van der Waals surface area contributed by atoms with Crippen molar-refractivity contribution in [2.75, 3.05) is 13.2 Å². The van der Waals surface area contributed by atoms with Gasteiger partial charge in [0.05, 0.1) is 0 Å².